The number of anilines is 2. The molecule has 1 aromatic heterocycles. The Hall–Kier alpha value is -3.39. The van der Waals surface area contributed by atoms with Gasteiger partial charge in [0.05, 0.1) is 23.3 Å². The Morgan fingerprint density at radius 3 is 2.84 bits per heavy atom. The first kappa shape index (κ1) is 20.9. The van der Waals surface area contributed by atoms with E-state index in [4.69, 9.17) is 21.1 Å². The summed E-state index contributed by atoms with van der Waals surface area (Å²) < 4.78 is 25.9. The molecule has 9 heteroatoms. The maximum Gasteiger partial charge on any atom is 0.243 e. The summed E-state index contributed by atoms with van der Waals surface area (Å²) in [6, 6.07) is 8.24. The molecule has 0 saturated heterocycles. The maximum absolute atomic E-state index is 14.3. The molecule has 1 fully saturated rings. The summed E-state index contributed by atoms with van der Waals surface area (Å²) in [5.41, 5.74) is 0.805. The minimum atomic E-state index is -0.567. The number of fused-ring (bicyclic) bond motifs is 1. The van der Waals surface area contributed by atoms with Crippen molar-refractivity contribution in [3.63, 3.8) is 0 Å². The highest BCUT2D eigenvalue weighted by Gasteiger charge is 2.32. The first-order valence-electron chi connectivity index (χ1n) is 9.62. The lowest BCUT2D eigenvalue weighted by molar-refractivity contribution is -0.118. The van der Waals surface area contributed by atoms with Gasteiger partial charge in [-0.05, 0) is 24.3 Å². The molecule has 0 bridgehead atoms. The van der Waals surface area contributed by atoms with E-state index in [9.17, 15) is 9.18 Å². The van der Waals surface area contributed by atoms with Crippen molar-refractivity contribution in [2.75, 3.05) is 12.4 Å². The number of amides is 1. The minimum absolute atomic E-state index is 0.0112. The van der Waals surface area contributed by atoms with Crippen LogP contribution in [0.25, 0.3) is 10.9 Å². The van der Waals surface area contributed by atoms with Gasteiger partial charge in [-0.2, -0.15) is 0 Å². The molecule has 0 unspecified atom stereocenters. The molecule has 0 atom stereocenters. The third-order valence-corrected chi connectivity index (χ3v) is 5.34. The van der Waals surface area contributed by atoms with Crippen LogP contribution in [0.1, 0.15) is 12.8 Å². The second kappa shape index (κ2) is 8.77. The van der Waals surface area contributed by atoms with Gasteiger partial charge in [0.25, 0.3) is 0 Å². The molecule has 160 valence electrons. The third-order valence-electron chi connectivity index (χ3n) is 5.05. The van der Waals surface area contributed by atoms with E-state index in [1.807, 2.05) is 0 Å². The fourth-order valence-corrected chi connectivity index (χ4v) is 3.54. The zero-order valence-electron chi connectivity index (χ0n) is 16.7. The molecule has 2 aromatic carbocycles. The van der Waals surface area contributed by atoms with Gasteiger partial charge in [-0.15, -0.1) is 0 Å². The molecule has 1 aliphatic carbocycles. The second-order valence-electron chi connectivity index (χ2n) is 7.09. The number of carbonyl (C=O) groups is 1. The van der Waals surface area contributed by atoms with E-state index in [1.165, 1.54) is 18.5 Å². The average Bonchev–Trinajstić information content (AvgIpc) is 2.75. The van der Waals surface area contributed by atoms with Crippen molar-refractivity contribution in [3.05, 3.63) is 60.2 Å². The van der Waals surface area contributed by atoms with Crippen molar-refractivity contribution in [3.8, 4) is 11.5 Å². The molecule has 4 rings (SSSR count). The molecule has 7 nitrogen and oxygen atoms in total. The first-order chi connectivity index (χ1) is 15.0. The van der Waals surface area contributed by atoms with Crippen LogP contribution in [0.15, 0.2) is 49.3 Å². The van der Waals surface area contributed by atoms with Gasteiger partial charge < -0.3 is 20.1 Å². The number of nitrogens with one attached hydrogen (secondary N) is 2. The molecule has 1 heterocycles. The van der Waals surface area contributed by atoms with E-state index in [1.54, 1.807) is 31.4 Å². The fraction of sp³-hybridized carbons (Fsp3) is 0.227. The fourth-order valence-electron chi connectivity index (χ4n) is 3.36. The van der Waals surface area contributed by atoms with Gasteiger partial charge in [0.2, 0.25) is 5.91 Å². The molecular formula is C22H20ClFN4O3. The quantitative estimate of drug-likeness (QED) is 0.528. The van der Waals surface area contributed by atoms with Crippen LogP contribution in [-0.2, 0) is 4.79 Å². The van der Waals surface area contributed by atoms with Crippen molar-refractivity contribution in [1.29, 1.82) is 0 Å². The van der Waals surface area contributed by atoms with Gasteiger partial charge in [-0.3, -0.25) is 4.79 Å². The Morgan fingerprint density at radius 2 is 2.10 bits per heavy atom. The Labute approximate surface area is 183 Å². The average molecular weight is 443 g/mol. The zero-order chi connectivity index (χ0) is 22.0. The molecule has 31 heavy (non-hydrogen) atoms. The van der Waals surface area contributed by atoms with Crippen LogP contribution in [0.4, 0.5) is 15.9 Å². The number of rotatable bonds is 7. The monoisotopic (exact) mass is 442 g/mol. The van der Waals surface area contributed by atoms with Crippen molar-refractivity contribution >= 4 is 39.9 Å². The van der Waals surface area contributed by atoms with E-state index in [-0.39, 0.29) is 28.8 Å². The van der Waals surface area contributed by atoms with E-state index in [2.05, 4.69) is 27.2 Å². The Morgan fingerprint density at radius 1 is 1.29 bits per heavy atom. The highest BCUT2D eigenvalue weighted by molar-refractivity contribution is 6.31. The lowest BCUT2D eigenvalue weighted by Gasteiger charge is -2.35. The molecule has 0 aliphatic heterocycles. The van der Waals surface area contributed by atoms with Crippen LogP contribution < -0.4 is 20.1 Å². The minimum Gasteiger partial charge on any atom is -0.493 e. The molecule has 3 aromatic rings. The largest absolute Gasteiger partial charge is 0.493 e. The Bertz CT molecular complexity index is 1150. The summed E-state index contributed by atoms with van der Waals surface area (Å²) in [6.45, 7) is 3.45. The lowest BCUT2D eigenvalue weighted by Crippen LogP contribution is -2.48. The number of halogens is 2. The van der Waals surface area contributed by atoms with Gasteiger partial charge in [-0.1, -0.05) is 24.2 Å². The highest BCUT2D eigenvalue weighted by Crippen LogP contribution is 2.38. The highest BCUT2D eigenvalue weighted by atomic mass is 35.5. The standard InChI is InChI=1S/C22H20ClFN4O3/c1-3-20(29)27-12-7-13(8-12)31-19-9-14-17(10-18(19)30-2)25-11-26-22(14)28-16-6-4-5-15(23)21(16)24/h3-6,9-13H,1,7-8H2,2H3,(H,27,29)(H,25,26,28). The van der Waals surface area contributed by atoms with E-state index in [0.717, 1.165) is 0 Å². The molecular weight excluding hydrogens is 423 g/mol. The number of methoxy groups -OCH3 is 1. The number of carbonyl (C=O) groups excluding carboxylic acids is 1. The van der Waals surface area contributed by atoms with Crippen LogP contribution in [0.5, 0.6) is 11.5 Å². The smallest absolute Gasteiger partial charge is 0.243 e. The number of ether oxygens (including phenoxy) is 2. The topological polar surface area (TPSA) is 85.4 Å². The lowest BCUT2D eigenvalue weighted by atomic mass is 9.89. The van der Waals surface area contributed by atoms with Gasteiger partial charge >= 0.3 is 0 Å². The maximum atomic E-state index is 14.3. The van der Waals surface area contributed by atoms with Gasteiger partial charge in [-0.25, -0.2) is 14.4 Å². The van der Waals surface area contributed by atoms with Crippen LogP contribution in [0, 0.1) is 5.82 Å². The number of aromatic nitrogens is 2. The van der Waals surface area contributed by atoms with Crippen LogP contribution in [0.2, 0.25) is 5.02 Å². The molecule has 1 amide bonds. The predicted octanol–water partition coefficient (Wildman–Crippen LogP) is 4.39. The second-order valence-corrected chi connectivity index (χ2v) is 7.50. The summed E-state index contributed by atoms with van der Waals surface area (Å²) in [5.74, 6) is 0.668. The summed E-state index contributed by atoms with van der Waals surface area (Å²) in [4.78, 5) is 19.9. The van der Waals surface area contributed by atoms with Gasteiger partial charge in [0, 0.05) is 30.3 Å². The summed E-state index contributed by atoms with van der Waals surface area (Å²) in [7, 11) is 1.55. The van der Waals surface area contributed by atoms with Crippen molar-refractivity contribution in [1.82, 2.24) is 15.3 Å². The van der Waals surface area contributed by atoms with Crippen LogP contribution >= 0.6 is 11.6 Å². The summed E-state index contributed by atoms with van der Waals surface area (Å²) in [6.07, 6.45) is 3.90. The number of benzene rings is 2. The van der Waals surface area contributed by atoms with E-state index < -0.39 is 5.82 Å². The van der Waals surface area contributed by atoms with E-state index in [0.29, 0.717) is 41.1 Å². The molecule has 0 spiro atoms. The number of hydrogen-bond acceptors (Lipinski definition) is 6. The predicted molar refractivity (Wildman–Crippen MR) is 117 cm³/mol. The number of hydrogen-bond donors (Lipinski definition) is 2. The van der Waals surface area contributed by atoms with Gasteiger partial charge in [0.1, 0.15) is 18.2 Å². The zero-order valence-corrected chi connectivity index (χ0v) is 17.4. The van der Waals surface area contributed by atoms with Gasteiger partial charge in [0.15, 0.2) is 17.3 Å². The summed E-state index contributed by atoms with van der Waals surface area (Å²) >= 11 is 5.88. The van der Waals surface area contributed by atoms with Crippen molar-refractivity contribution in [2.45, 2.75) is 25.0 Å². The SMILES string of the molecule is C=CC(=O)NC1CC(Oc2cc3c(Nc4cccc(Cl)c4F)ncnc3cc2OC)C1. The Balaban J connectivity index is 1.60. The van der Waals surface area contributed by atoms with Crippen molar-refractivity contribution < 1.29 is 18.7 Å². The number of nitrogens with zero attached hydrogens (tertiary/aromatic N) is 2. The van der Waals surface area contributed by atoms with Crippen LogP contribution in [-0.4, -0.2) is 35.1 Å². The molecule has 2 N–H and O–H groups in total. The van der Waals surface area contributed by atoms with Crippen LogP contribution in [0.3, 0.4) is 0 Å². The molecule has 0 radical (unpaired) electrons. The summed E-state index contributed by atoms with van der Waals surface area (Å²) in [5, 5.41) is 6.46. The first-order valence-corrected chi connectivity index (χ1v) is 9.99. The van der Waals surface area contributed by atoms with E-state index >= 15 is 0 Å². The molecule has 1 aliphatic rings. The third kappa shape index (κ3) is 4.39. The normalized spacial score (nSPS) is 17.5. The molecule has 1 saturated carbocycles. The van der Waals surface area contributed by atoms with Crippen molar-refractivity contribution in [2.24, 2.45) is 0 Å². The Kier molecular flexibility index (Phi) is 5.90.